The molecule has 1 heterocycles. The number of aromatic nitrogens is 1. The van der Waals surface area contributed by atoms with E-state index in [9.17, 15) is 9.59 Å². The highest BCUT2D eigenvalue weighted by atomic mass is 16.2. The average molecular weight is 339 g/mol. The lowest BCUT2D eigenvalue weighted by Gasteiger charge is -2.26. The van der Waals surface area contributed by atoms with E-state index >= 15 is 0 Å². The number of rotatable bonds is 6. The SMILES string of the molecule is CCN(CCc1ccncc1)C(=O)C(=O)N(CC)c1cccc(C)c1. The molecule has 2 amide bonds. The Bertz CT molecular complexity index is 716. The largest absolute Gasteiger partial charge is 0.334 e. The summed E-state index contributed by atoms with van der Waals surface area (Å²) in [5.41, 5.74) is 2.91. The molecular weight excluding hydrogens is 314 g/mol. The van der Waals surface area contributed by atoms with Crippen LogP contribution in [0.15, 0.2) is 48.8 Å². The molecule has 0 aliphatic carbocycles. The van der Waals surface area contributed by atoms with E-state index in [0.29, 0.717) is 26.1 Å². The standard InChI is InChI=1S/C20H25N3O2/c1-4-22(14-11-17-9-12-21-13-10-17)19(24)20(25)23(5-2)18-8-6-7-16(3)15-18/h6-10,12-13,15H,4-5,11,14H2,1-3H3. The summed E-state index contributed by atoms with van der Waals surface area (Å²) in [6.45, 7) is 7.20. The zero-order valence-electron chi connectivity index (χ0n) is 15.1. The fourth-order valence-electron chi connectivity index (χ4n) is 2.71. The first-order valence-corrected chi connectivity index (χ1v) is 8.63. The van der Waals surface area contributed by atoms with E-state index in [1.54, 1.807) is 17.3 Å². The van der Waals surface area contributed by atoms with Crippen molar-refractivity contribution < 1.29 is 9.59 Å². The molecule has 132 valence electrons. The van der Waals surface area contributed by atoms with Crippen molar-refractivity contribution in [3.63, 3.8) is 0 Å². The van der Waals surface area contributed by atoms with Gasteiger partial charge >= 0.3 is 11.8 Å². The van der Waals surface area contributed by atoms with Crippen LogP contribution in [0.5, 0.6) is 0 Å². The first kappa shape index (κ1) is 18.6. The number of carbonyl (C=O) groups excluding carboxylic acids is 2. The van der Waals surface area contributed by atoms with E-state index in [2.05, 4.69) is 4.98 Å². The van der Waals surface area contributed by atoms with Gasteiger partial charge in [-0.25, -0.2) is 0 Å². The fraction of sp³-hybridized carbons (Fsp3) is 0.350. The number of nitrogens with zero attached hydrogens (tertiary/aromatic N) is 3. The Morgan fingerprint density at radius 3 is 2.32 bits per heavy atom. The summed E-state index contributed by atoms with van der Waals surface area (Å²) in [7, 11) is 0. The molecule has 0 unspecified atom stereocenters. The van der Waals surface area contributed by atoms with Crippen molar-refractivity contribution in [3.8, 4) is 0 Å². The smallest absolute Gasteiger partial charge is 0.316 e. The average Bonchev–Trinajstić information content (AvgIpc) is 2.63. The van der Waals surface area contributed by atoms with Crippen LogP contribution in [0.2, 0.25) is 0 Å². The lowest BCUT2D eigenvalue weighted by Crippen LogP contribution is -2.46. The number of likely N-dealkylation sites (N-methyl/N-ethyl adjacent to an activating group) is 2. The van der Waals surface area contributed by atoms with Crippen molar-refractivity contribution in [2.75, 3.05) is 24.5 Å². The minimum absolute atomic E-state index is 0.454. The maximum Gasteiger partial charge on any atom is 0.316 e. The summed E-state index contributed by atoms with van der Waals surface area (Å²) >= 11 is 0. The molecule has 5 heteroatoms. The van der Waals surface area contributed by atoms with Gasteiger partial charge in [0.2, 0.25) is 0 Å². The predicted octanol–water partition coefficient (Wildman–Crippen LogP) is 2.83. The Morgan fingerprint density at radius 1 is 1.00 bits per heavy atom. The number of benzene rings is 1. The quantitative estimate of drug-likeness (QED) is 0.761. The molecule has 1 aromatic carbocycles. The maximum absolute atomic E-state index is 12.7. The number of hydrogen-bond acceptors (Lipinski definition) is 3. The minimum Gasteiger partial charge on any atom is -0.334 e. The molecular formula is C20H25N3O2. The molecule has 25 heavy (non-hydrogen) atoms. The van der Waals surface area contributed by atoms with Crippen LogP contribution in [0.3, 0.4) is 0 Å². The normalized spacial score (nSPS) is 10.4. The van der Waals surface area contributed by atoms with Crippen LogP contribution in [0, 0.1) is 6.92 Å². The van der Waals surface area contributed by atoms with Gasteiger partial charge in [-0.15, -0.1) is 0 Å². The fourth-order valence-corrected chi connectivity index (χ4v) is 2.71. The molecule has 0 N–H and O–H groups in total. The molecule has 0 aliphatic heterocycles. The molecule has 0 fully saturated rings. The summed E-state index contributed by atoms with van der Waals surface area (Å²) in [5, 5.41) is 0. The summed E-state index contributed by atoms with van der Waals surface area (Å²) in [5.74, 6) is -0.940. The van der Waals surface area contributed by atoms with Crippen LogP contribution in [-0.2, 0) is 16.0 Å². The monoisotopic (exact) mass is 339 g/mol. The number of aryl methyl sites for hydroxylation is 1. The Morgan fingerprint density at radius 2 is 1.72 bits per heavy atom. The number of pyridine rings is 1. The lowest BCUT2D eigenvalue weighted by atomic mass is 10.2. The molecule has 0 saturated carbocycles. The number of amides is 2. The molecule has 0 radical (unpaired) electrons. The second-order valence-corrected chi connectivity index (χ2v) is 5.88. The van der Waals surface area contributed by atoms with Gasteiger partial charge in [0.1, 0.15) is 0 Å². The number of hydrogen-bond donors (Lipinski definition) is 0. The molecule has 0 bridgehead atoms. The van der Waals surface area contributed by atoms with Crippen LogP contribution in [0.25, 0.3) is 0 Å². The lowest BCUT2D eigenvalue weighted by molar-refractivity contribution is -0.144. The summed E-state index contributed by atoms with van der Waals surface area (Å²) in [6.07, 6.45) is 4.16. The van der Waals surface area contributed by atoms with E-state index < -0.39 is 11.8 Å². The van der Waals surface area contributed by atoms with Crippen molar-refractivity contribution in [2.45, 2.75) is 27.2 Å². The van der Waals surface area contributed by atoms with Gasteiger partial charge in [-0.3, -0.25) is 14.6 Å². The Balaban J connectivity index is 2.08. The summed E-state index contributed by atoms with van der Waals surface area (Å²) < 4.78 is 0. The zero-order valence-corrected chi connectivity index (χ0v) is 15.1. The van der Waals surface area contributed by atoms with Gasteiger partial charge in [0, 0.05) is 37.7 Å². The third kappa shape index (κ3) is 4.89. The second kappa shape index (κ2) is 8.97. The Kier molecular flexibility index (Phi) is 6.69. The first-order valence-electron chi connectivity index (χ1n) is 8.63. The van der Waals surface area contributed by atoms with Crippen molar-refractivity contribution in [2.24, 2.45) is 0 Å². The first-order chi connectivity index (χ1) is 12.1. The van der Waals surface area contributed by atoms with Crippen molar-refractivity contribution in [3.05, 3.63) is 59.9 Å². The molecule has 0 spiro atoms. The molecule has 0 atom stereocenters. The van der Waals surface area contributed by atoms with E-state index in [1.807, 2.05) is 57.2 Å². The van der Waals surface area contributed by atoms with Crippen LogP contribution in [0.1, 0.15) is 25.0 Å². The van der Waals surface area contributed by atoms with Gasteiger partial charge in [0.15, 0.2) is 0 Å². The third-order valence-corrected chi connectivity index (χ3v) is 4.15. The minimum atomic E-state index is -0.482. The summed E-state index contributed by atoms with van der Waals surface area (Å²) in [6, 6.07) is 11.5. The molecule has 2 rings (SSSR count). The highest BCUT2D eigenvalue weighted by Gasteiger charge is 2.26. The highest BCUT2D eigenvalue weighted by molar-refractivity contribution is 6.40. The van der Waals surface area contributed by atoms with Gasteiger partial charge in [0.25, 0.3) is 0 Å². The van der Waals surface area contributed by atoms with E-state index in [4.69, 9.17) is 0 Å². The summed E-state index contributed by atoms with van der Waals surface area (Å²) in [4.78, 5) is 32.5. The van der Waals surface area contributed by atoms with Crippen LogP contribution in [0.4, 0.5) is 5.69 Å². The van der Waals surface area contributed by atoms with Crippen LogP contribution < -0.4 is 4.90 Å². The maximum atomic E-state index is 12.7. The van der Waals surface area contributed by atoms with Gasteiger partial charge in [-0.2, -0.15) is 0 Å². The van der Waals surface area contributed by atoms with Crippen LogP contribution >= 0.6 is 0 Å². The predicted molar refractivity (Wildman–Crippen MR) is 99.4 cm³/mol. The van der Waals surface area contributed by atoms with Gasteiger partial charge in [0.05, 0.1) is 0 Å². The number of anilines is 1. The van der Waals surface area contributed by atoms with Gasteiger partial charge in [-0.1, -0.05) is 12.1 Å². The second-order valence-electron chi connectivity index (χ2n) is 5.88. The van der Waals surface area contributed by atoms with Crippen LogP contribution in [-0.4, -0.2) is 41.3 Å². The van der Waals surface area contributed by atoms with Crippen molar-refractivity contribution >= 4 is 17.5 Å². The third-order valence-electron chi connectivity index (χ3n) is 4.15. The van der Waals surface area contributed by atoms with Crippen molar-refractivity contribution in [1.82, 2.24) is 9.88 Å². The molecule has 2 aromatic rings. The number of carbonyl (C=O) groups is 2. The Labute approximate surface area is 149 Å². The molecule has 0 saturated heterocycles. The topological polar surface area (TPSA) is 53.5 Å². The Hall–Kier alpha value is -2.69. The van der Waals surface area contributed by atoms with Gasteiger partial charge in [-0.05, 0) is 62.6 Å². The molecule has 5 nitrogen and oxygen atoms in total. The van der Waals surface area contributed by atoms with E-state index in [-0.39, 0.29) is 0 Å². The van der Waals surface area contributed by atoms with Gasteiger partial charge < -0.3 is 9.80 Å². The van der Waals surface area contributed by atoms with E-state index in [0.717, 1.165) is 16.8 Å². The van der Waals surface area contributed by atoms with E-state index in [1.165, 1.54) is 4.90 Å². The molecule has 0 aliphatic rings. The highest BCUT2D eigenvalue weighted by Crippen LogP contribution is 2.16. The molecule has 1 aromatic heterocycles. The zero-order chi connectivity index (χ0) is 18.2. The van der Waals surface area contributed by atoms with Crippen molar-refractivity contribution in [1.29, 1.82) is 0 Å².